The third kappa shape index (κ3) is 3.32. The Morgan fingerprint density at radius 3 is 2.54 bits per heavy atom. The fourth-order valence-corrected chi connectivity index (χ4v) is 2.45. The summed E-state index contributed by atoms with van der Waals surface area (Å²) in [6, 6.07) is 10.7. The molecule has 0 fully saturated rings. The van der Waals surface area contributed by atoms with Gasteiger partial charge >= 0.3 is 0 Å². The highest BCUT2D eigenvalue weighted by atomic mass is 16.5. The smallest absolute Gasteiger partial charge is 0.224 e. The summed E-state index contributed by atoms with van der Waals surface area (Å²) < 4.78 is 7.57. The lowest BCUT2D eigenvalue weighted by molar-refractivity contribution is 0.101. The van der Waals surface area contributed by atoms with Gasteiger partial charge in [-0.2, -0.15) is 10.1 Å². The van der Waals surface area contributed by atoms with Crippen LogP contribution in [0.1, 0.15) is 34.5 Å². The van der Waals surface area contributed by atoms with Crippen LogP contribution < -0.4 is 4.74 Å². The number of nitrogens with zero attached hydrogens (tertiary/aromatic N) is 4. The van der Waals surface area contributed by atoms with Crippen molar-refractivity contribution in [2.45, 2.75) is 27.7 Å². The molecule has 24 heavy (non-hydrogen) atoms. The summed E-state index contributed by atoms with van der Waals surface area (Å²) in [6.07, 6.45) is 0. The topological polar surface area (TPSA) is 69.9 Å². The van der Waals surface area contributed by atoms with Crippen LogP contribution in [0.3, 0.4) is 0 Å². The van der Waals surface area contributed by atoms with E-state index >= 15 is 0 Å². The zero-order valence-electron chi connectivity index (χ0n) is 14.1. The second kappa shape index (κ2) is 6.23. The minimum absolute atomic E-state index is 0.0114. The van der Waals surface area contributed by atoms with E-state index in [1.54, 1.807) is 41.9 Å². The Morgan fingerprint density at radius 1 is 1.08 bits per heavy atom. The maximum atomic E-state index is 11.5. The fraction of sp³-hybridized carbons (Fsp3) is 0.222. The van der Waals surface area contributed by atoms with Gasteiger partial charge in [0.05, 0.1) is 5.69 Å². The lowest BCUT2D eigenvalue weighted by Gasteiger charge is -2.09. The summed E-state index contributed by atoms with van der Waals surface area (Å²) in [6.45, 7) is 7.22. The SMILES string of the molecule is CC(=O)c1cccc(Oc2cc(-n3nc(C)cc3C)nc(C)n2)c1. The van der Waals surface area contributed by atoms with Gasteiger partial charge in [-0.3, -0.25) is 4.79 Å². The number of ketones is 1. The molecule has 122 valence electrons. The Balaban J connectivity index is 1.96. The first-order valence-electron chi connectivity index (χ1n) is 7.60. The zero-order chi connectivity index (χ0) is 17.3. The summed E-state index contributed by atoms with van der Waals surface area (Å²) in [4.78, 5) is 20.2. The highest BCUT2D eigenvalue weighted by Crippen LogP contribution is 2.23. The van der Waals surface area contributed by atoms with Gasteiger partial charge in [0.2, 0.25) is 5.88 Å². The summed E-state index contributed by atoms with van der Waals surface area (Å²) in [7, 11) is 0. The monoisotopic (exact) mass is 322 g/mol. The minimum Gasteiger partial charge on any atom is -0.439 e. The van der Waals surface area contributed by atoms with Crippen LogP contribution in [0.4, 0.5) is 0 Å². The molecule has 0 aliphatic carbocycles. The van der Waals surface area contributed by atoms with Crippen molar-refractivity contribution < 1.29 is 9.53 Å². The van der Waals surface area contributed by atoms with Gasteiger partial charge < -0.3 is 4.74 Å². The minimum atomic E-state index is -0.0114. The normalized spacial score (nSPS) is 10.7. The molecule has 0 spiro atoms. The van der Waals surface area contributed by atoms with Gasteiger partial charge in [-0.1, -0.05) is 12.1 Å². The van der Waals surface area contributed by atoms with E-state index in [1.165, 1.54) is 6.92 Å². The third-order valence-electron chi connectivity index (χ3n) is 3.49. The van der Waals surface area contributed by atoms with Crippen molar-refractivity contribution in [2.75, 3.05) is 0 Å². The van der Waals surface area contributed by atoms with Crippen LogP contribution >= 0.6 is 0 Å². The van der Waals surface area contributed by atoms with Crippen molar-refractivity contribution in [3.63, 3.8) is 0 Å². The Kier molecular flexibility index (Phi) is 4.12. The van der Waals surface area contributed by atoms with Crippen molar-refractivity contribution in [3.8, 4) is 17.4 Å². The van der Waals surface area contributed by atoms with E-state index in [4.69, 9.17) is 4.74 Å². The Labute approximate surface area is 140 Å². The zero-order valence-corrected chi connectivity index (χ0v) is 14.1. The number of aryl methyl sites for hydroxylation is 3. The van der Waals surface area contributed by atoms with Crippen molar-refractivity contribution in [2.24, 2.45) is 0 Å². The molecule has 0 saturated heterocycles. The van der Waals surface area contributed by atoms with Gasteiger partial charge in [0, 0.05) is 17.3 Å². The Bertz CT molecular complexity index is 915. The van der Waals surface area contributed by atoms with Crippen molar-refractivity contribution in [1.29, 1.82) is 0 Å². The summed E-state index contributed by atoms with van der Waals surface area (Å²) in [5.74, 6) is 2.18. The number of rotatable bonds is 4. The fourth-order valence-electron chi connectivity index (χ4n) is 2.45. The highest BCUT2D eigenvalue weighted by molar-refractivity contribution is 5.94. The predicted molar refractivity (Wildman–Crippen MR) is 89.9 cm³/mol. The first-order chi connectivity index (χ1) is 11.4. The van der Waals surface area contributed by atoms with Gasteiger partial charge in [-0.15, -0.1) is 0 Å². The van der Waals surface area contributed by atoms with Crippen molar-refractivity contribution >= 4 is 5.78 Å². The number of Topliss-reactive ketones (excluding diaryl/α,β-unsaturated/α-hetero) is 1. The highest BCUT2D eigenvalue weighted by Gasteiger charge is 2.10. The number of aromatic nitrogens is 4. The van der Waals surface area contributed by atoms with Crippen LogP contribution in [0.5, 0.6) is 11.6 Å². The molecule has 0 aliphatic rings. The molecule has 6 heteroatoms. The molecular weight excluding hydrogens is 304 g/mol. The van der Waals surface area contributed by atoms with Crippen LogP contribution in [0.2, 0.25) is 0 Å². The first kappa shape index (κ1) is 15.9. The van der Waals surface area contributed by atoms with E-state index < -0.39 is 0 Å². The van der Waals surface area contributed by atoms with Crippen LogP contribution in [0.25, 0.3) is 5.82 Å². The second-order valence-corrected chi connectivity index (χ2v) is 5.64. The molecule has 3 rings (SSSR count). The van der Waals surface area contributed by atoms with E-state index in [1.807, 2.05) is 19.9 Å². The van der Waals surface area contributed by atoms with Crippen LogP contribution in [-0.4, -0.2) is 25.5 Å². The average molecular weight is 322 g/mol. The van der Waals surface area contributed by atoms with Gasteiger partial charge in [0.25, 0.3) is 0 Å². The molecule has 0 aliphatic heterocycles. The molecule has 0 atom stereocenters. The molecule has 3 aromatic rings. The summed E-state index contributed by atoms with van der Waals surface area (Å²) in [5.41, 5.74) is 2.49. The largest absolute Gasteiger partial charge is 0.439 e. The third-order valence-corrected chi connectivity index (χ3v) is 3.49. The maximum Gasteiger partial charge on any atom is 0.224 e. The lowest BCUT2D eigenvalue weighted by atomic mass is 10.1. The molecule has 0 saturated carbocycles. The number of carbonyl (C=O) groups excluding carboxylic acids is 1. The molecule has 1 aromatic carbocycles. The van der Waals surface area contributed by atoms with E-state index in [-0.39, 0.29) is 5.78 Å². The lowest BCUT2D eigenvalue weighted by Crippen LogP contribution is -2.05. The van der Waals surface area contributed by atoms with Crippen LogP contribution in [-0.2, 0) is 0 Å². The Hall–Kier alpha value is -3.02. The number of carbonyl (C=O) groups is 1. The molecule has 0 unspecified atom stereocenters. The molecule has 2 heterocycles. The molecule has 0 bridgehead atoms. The number of ether oxygens (including phenoxy) is 1. The molecule has 2 aromatic heterocycles. The van der Waals surface area contributed by atoms with E-state index in [2.05, 4.69) is 15.1 Å². The van der Waals surface area contributed by atoms with Gasteiger partial charge in [-0.25, -0.2) is 9.67 Å². The summed E-state index contributed by atoms with van der Waals surface area (Å²) in [5, 5.41) is 4.43. The first-order valence-corrected chi connectivity index (χ1v) is 7.60. The summed E-state index contributed by atoms with van der Waals surface area (Å²) >= 11 is 0. The van der Waals surface area contributed by atoms with Crippen LogP contribution in [0.15, 0.2) is 36.4 Å². The van der Waals surface area contributed by atoms with Gasteiger partial charge in [0.15, 0.2) is 11.6 Å². The van der Waals surface area contributed by atoms with Crippen molar-refractivity contribution in [3.05, 3.63) is 59.2 Å². The van der Waals surface area contributed by atoms with Gasteiger partial charge in [0.1, 0.15) is 11.6 Å². The maximum absolute atomic E-state index is 11.5. The van der Waals surface area contributed by atoms with Crippen LogP contribution in [0, 0.1) is 20.8 Å². The molecular formula is C18H18N4O2. The number of benzene rings is 1. The molecule has 0 amide bonds. The molecule has 0 N–H and O–H groups in total. The average Bonchev–Trinajstić information content (AvgIpc) is 2.85. The number of hydrogen-bond acceptors (Lipinski definition) is 5. The predicted octanol–water partition coefficient (Wildman–Crippen LogP) is 3.58. The van der Waals surface area contributed by atoms with Gasteiger partial charge in [-0.05, 0) is 45.9 Å². The van der Waals surface area contributed by atoms with E-state index in [0.29, 0.717) is 28.8 Å². The Morgan fingerprint density at radius 2 is 1.88 bits per heavy atom. The number of hydrogen-bond donors (Lipinski definition) is 0. The standard InChI is InChI=1S/C18H18N4O2/c1-11-8-12(2)22(21-11)17-10-18(20-14(4)19-17)24-16-7-5-6-15(9-16)13(3)23/h5-10H,1-4H3. The van der Waals surface area contributed by atoms with E-state index in [0.717, 1.165) is 11.4 Å². The molecule has 0 radical (unpaired) electrons. The molecule has 6 nitrogen and oxygen atoms in total. The second-order valence-electron chi connectivity index (χ2n) is 5.64. The van der Waals surface area contributed by atoms with E-state index in [9.17, 15) is 4.79 Å². The van der Waals surface area contributed by atoms with Crippen molar-refractivity contribution in [1.82, 2.24) is 19.7 Å². The quantitative estimate of drug-likeness (QED) is 0.687.